The van der Waals surface area contributed by atoms with Crippen LogP contribution in [0.2, 0.25) is 0 Å². The fourth-order valence-electron chi connectivity index (χ4n) is 1.84. The second-order valence-corrected chi connectivity index (χ2v) is 4.79. The Morgan fingerprint density at radius 1 is 1.21 bits per heavy atom. The number of nitrogens with one attached hydrogen (secondary N) is 2. The molecule has 1 aromatic heterocycles. The number of aromatic nitrogens is 2. The third kappa shape index (κ3) is 8.13. The molecule has 5 nitrogen and oxygen atoms in total. The highest BCUT2D eigenvalue weighted by Crippen LogP contribution is 2.03. The third-order valence-corrected chi connectivity index (χ3v) is 2.95. The van der Waals surface area contributed by atoms with Crippen molar-refractivity contribution in [2.75, 3.05) is 6.54 Å². The SMILES string of the molecule is CC(=O)CCCCCCNC(=O)CCc1cnc[nH]1. The van der Waals surface area contributed by atoms with Crippen LogP contribution in [0.25, 0.3) is 0 Å². The molecule has 1 heterocycles. The summed E-state index contributed by atoms with van der Waals surface area (Å²) < 4.78 is 0. The first-order valence-corrected chi connectivity index (χ1v) is 6.92. The molecule has 106 valence electrons. The van der Waals surface area contributed by atoms with E-state index in [-0.39, 0.29) is 11.7 Å². The number of H-pyrrole nitrogens is 1. The Kier molecular flexibility index (Phi) is 7.54. The van der Waals surface area contributed by atoms with Crippen LogP contribution in [0.15, 0.2) is 12.5 Å². The van der Waals surface area contributed by atoms with Gasteiger partial charge in [0.1, 0.15) is 5.78 Å². The Bertz CT molecular complexity index is 374. The van der Waals surface area contributed by atoms with Gasteiger partial charge in [0.25, 0.3) is 0 Å². The normalized spacial score (nSPS) is 10.4. The molecular formula is C14H23N3O2. The van der Waals surface area contributed by atoms with Gasteiger partial charge >= 0.3 is 0 Å². The number of aryl methyl sites for hydroxylation is 1. The first kappa shape index (κ1) is 15.4. The second-order valence-electron chi connectivity index (χ2n) is 4.79. The van der Waals surface area contributed by atoms with Gasteiger partial charge in [-0.25, -0.2) is 4.98 Å². The molecule has 0 fully saturated rings. The van der Waals surface area contributed by atoms with Crippen molar-refractivity contribution in [3.63, 3.8) is 0 Å². The third-order valence-electron chi connectivity index (χ3n) is 2.95. The van der Waals surface area contributed by atoms with E-state index in [1.54, 1.807) is 19.4 Å². The average molecular weight is 265 g/mol. The minimum Gasteiger partial charge on any atom is -0.356 e. The summed E-state index contributed by atoms with van der Waals surface area (Å²) in [5, 5.41) is 2.90. The molecule has 0 aliphatic heterocycles. The molecular weight excluding hydrogens is 242 g/mol. The number of nitrogens with zero attached hydrogens (tertiary/aromatic N) is 1. The van der Waals surface area contributed by atoms with Crippen LogP contribution in [0.5, 0.6) is 0 Å². The van der Waals surface area contributed by atoms with Gasteiger partial charge in [-0.1, -0.05) is 12.8 Å². The highest BCUT2D eigenvalue weighted by atomic mass is 16.1. The summed E-state index contributed by atoms with van der Waals surface area (Å²) >= 11 is 0. The van der Waals surface area contributed by atoms with Gasteiger partial charge in [0.2, 0.25) is 5.91 Å². The van der Waals surface area contributed by atoms with E-state index >= 15 is 0 Å². The smallest absolute Gasteiger partial charge is 0.220 e. The van der Waals surface area contributed by atoms with Crippen LogP contribution in [-0.2, 0) is 16.0 Å². The van der Waals surface area contributed by atoms with Gasteiger partial charge in [0.05, 0.1) is 6.33 Å². The van der Waals surface area contributed by atoms with Crippen molar-refractivity contribution in [3.05, 3.63) is 18.2 Å². The predicted molar refractivity (Wildman–Crippen MR) is 73.7 cm³/mol. The summed E-state index contributed by atoms with van der Waals surface area (Å²) in [6.45, 7) is 2.35. The maximum Gasteiger partial charge on any atom is 0.220 e. The van der Waals surface area contributed by atoms with Gasteiger partial charge in [-0.3, -0.25) is 4.79 Å². The molecule has 0 saturated heterocycles. The van der Waals surface area contributed by atoms with Crippen LogP contribution in [0.1, 0.15) is 51.1 Å². The van der Waals surface area contributed by atoms with Crippen LogP contribution in [0.3, 0.4) is 0 Å². The summed E-state index contributed by atoms with van der Waals surface area (Å²) in [5.41, 5.74) is 0.986. The number of ketones is 1. The van der Waals surface area contributed by atoms with Gasteiger partial charge < -0.3 is 15.1 Å². The van der Waals surface area contributed by atoms with Crippen molar-refractivity contribution in [2.45, 2.75) is 51.9 Å². The number of carbonyl (C=O) groups is 2. The van der Waals surface area contributed by atoms with Crippen LogP contribution >= 0.6 is 0 Å². The maximum absolute atomic E-state index is 11.5. The van der Waals surface area contributed by atoms with Crippen LogP contribution in [0.4, 0.5) is 0 Å². The maximum atomic E-state index is 11.5. The van der Waals surface area contributed by atoms with E-state index in [1.165, 1.54) is 0 Å². The van der Waals surface area contributed by atoms with E-state index in [1.807, 2.05) is 0 Å². The lowest BCUT2D eigenvalue weighted by Crippen LogP contribution is -2.24. The number of carbonyl (C=O) groups excluding carboxylic acids is 2. The fraction of sp³-hybridized carbons (Fsp3) is 0.643. The lowest BCUT2D eigenvalue weighted by molar-refractivity contribution is -0.121. The molecule has 1 rings (SSSR count). The van der Waals surface area contributed by atoms with Crippen LogP contribution < -0.4 is 5.32 Å². The number of aromatic amines is 1. The van der Waals surface area contributed by atoms with E-state index in [0.29, 0.717) is 19.3 Å². The molecule has 0 bridgehead atoms. The molecule has 19 heavy (non-hydrogen) atoms. The van der Waals surface area contributed by atoms with Gasteiger partial charge in [-0.2, -0.15) is 0 Å². The van der Waals surface area contributed by atoms with E-state index in [9.17, 15) is 9.59 Å². The Balaban J connectivity index is 1.91. The number of amides is 1. The molecule has 2 N–H and O–H groups in total. The van der Waals surface area contributed by atoms with Crippen LogP contribution in [0, 0.1) is 0 Å². The van der Waals surface area contributed by atoms with Gasteiger partial charge in [-0.05, 0) is 26.2 Å². The number of hydrogen-bond acceptors (Lipinski definition) is 3. The van der Waals surface area contributed by atoms with E-state index < -0.39 is 0 Å². The van der Waals surface area contributed by atoms with Crippen LogP contribution in [-0.4, -0.2) is 28.2 Å². The minimum atomic E-state index is 0.0818. The first-order chi connectivity index (χ1) is 9.18. The molecule has 0 saturated carbocycles. The fourth-order valence-corrected chi connectivity index (χ4v) is 1.84. The van der Waals surface area contributed by atoms with Crippen molar-refractivity contribution in [1.82, 2.24) is 15.3 Å². The summed E-state index contributed by atoms with van der Waals surface area (Å²) in [4.78, 5) is 29.1. The van der Waals surface area contributed by atoms with Crippen molar-refractivity contribution in [1.29, 1.82) is 0 Å². The molecule has 0 aliphatic carbocycles. The summed E-state index contributed by atoms with van der Waals surface area (Å²) in [7, 11) is 0. The topological polar surface area (TPSA) is 74.8 Å². The molecule has 1 amide bonds. The molecule has 0 unspecified atom stereocenters. The summed E-state index contributed by atoms with van der Waals surface area (Å²) in [5.74, 6) is 0.338. The van der Waals surface area contributed by atoms with E-state index in [2.05, 4.69) is 15.3 Å². The Hall–Kier alpha value is -1.65. The number of Topliss-reactive ketones (excluding diaryl/α,β-unsaturated/α-hetero) is 1. The molecule has 0 atom stereocenters. The van der Waals surface area contributed by atoms with Gasteiger partial charge in [-0.15, -0.1) is 0 Å². The molecule has 0 aliphatic rings. The second kappa shape index (κ2) is 9.30. The quantitative estimate of drug-likeness (QED) is 0.635. The number of hydrogen-bond donors (Lipinski definition) is 2. The van der Waals surface area contributed by atoms with Crippen molar-refractivity contribution in [3.8, 4) is 0 Å². The highest BCUT2D eigenvalue weighted by molar-refractivity contribution is 5.76. The Morgan fingerprint density at radius 3 is 2.68 bits per heavy atom. The highest BCUT2D eigenvalue weighted by Gasteiger charge is 2.02. The summed E-state index contributed by atoms with van der Waals surface area (Å²) in [6, 6.07) is 0. The largest absolute Gasteiger partial charge is 0.356 e. The zero-order valence-electron chi connectivity index (χ0n) is 11.6. The average Bonchev–Trinajstić information content (AvgIpc) is 2.88. The van der Waals surface area contributed by atoms with Gasteiger partial charge in [0.15, 0.2) is 0 Å². The van der Waals surface area contributed by atoms with Crippen molar-refractivity contribution in [2.24, 2.45) is 0 Å². The molecule has 0 spiro atoms. The molecule has 1 aromatic rings. The first-order valence-electron chi connectivity index (χ1n) is 6.92. The van der Waals surface area contributed by atoms with Gasteiger partial charge in [0, 0.05) is 31.3 Å². The zero-order valence-corrected chi connectivity index (χ0v) is 11.6. The number of rotatable bonds is 10. The number of imidazole rings is 1. The standard InChI is InChI=1S/C14H23N3O2/c1-12(18)6-4-2-3-5-9-16-14(19)8-7-13-10-15-11-17-13/h10-11H,2-9H2,1H3,(H,15,17)(H,16,19). The zero-order chi connectivity index (χ0) is 13.9. The van der Waals surface area contributed by atoms with E-state index in [4.69, 9.17) is 0 Å². The number of unbranched alkanes of at least 4 members (excludes halogenated alkanes) is 3. The Labute approximate surface area is 114 Å². The van der Waals surface area contributed by atoms with Crippen molar-refractivity contribution < 1.29 is 9.59 Å². The Morgan fingerprint density at radius 2 is 2.00 bits per heavy atom. The predicted octanol–water partition coefficient (Wildman–Crippen LogP) is 2.00. The summed E-state index contributed by atoms with van der Waals surface area (Å²) in [6.07, 6.45) is 9.29. The molecule has 5 heteroatoms. The monoisotopic (exact) mass is 265 g/mol. The van der Waals surface area contributed by atoms with Crippen molar-refractivity contribution >= 4 is 11.7 Å². The minimum absolute atomic E-state index is 0.0818. The lowest BCUT2D eigenvalue weighted by Gasteiger charge is -2.04. The molecule has 0 radical (unpaired) electrons. The van der Waals surface area contributed by atoms with E-state index in [0.717, 1.165) is 37.9 Å². The lowest BCUT2D eigenvalue weighted by atomic mass is 10.1. The molecule has 0 aromatic carbocycles.